The van der Waals surface area contributed by atoms with Crippen molar-refractivity contribution in [2.24, 2.45) is 5.92 Å². The van der Waals surface area contributed by atoms with E-state index >= 15 is 0 Å². The molecule has 2 amide bonds. The number of aryl methyl sites for hydroxylation is 2. The Labute approximate surface area is 141 Å². The second kappa shape index (κ2) is 6.99. The number of thiazole rings is 1. The summed E-state index contributed by atoms with van der Waals surface area (Å²) in [5.74, 6) is 0.733. The van der Waals surface area contributed by atoms with E-state index in [0.29, 0.717) is 23.8 Å². The van der Waals surface area contributed by atoms with E-state index in [1.54, 1.807) is 0 Å². The molecule has 6 heteroatoms. The van der Waals surface area contributed by atoms with Gasteiger partial charge in [0.25, 0.3) is 5.91 Å². The first-order valence-corrected chi connectivity index (χ1v) is 9.37. The van der Waals surface area contributed by atoms with Gasteiger partial charge < -0.3 is 10.2 Å². The molecule has 3 rings (SSSR count). The van der Waals surface area contributed by atoms with Gasteiger partial charge in [0, 0.05) is 19.5 Å². The number of carbonyl (C=O) groups is 2. The minimum absolute atomic E-state index is 0.0691. The second-order valence-corrected chi connectivity index (χ2v) is 8.03. The molecule has 5 nitrogen and oxygen atoms in total. The number of nitrogens with zero attached hydrogens (tertiary/aromatic N) is 2. The van der Waals surface area contributed by atoms with E-state index in [0.717, 1.165) is 17.2 Å². The van der Waals surface area contributed by atoms with Crippen molar-refractivity contribution in [2.45, 2.75) is 58.4 Å². The van der Waals surface area contributed by atoms with Crippen molar-refractivity contribution < 1.29 is 9.59 Å². The van der Waals surface area contributed by atoms with Gasteiger partial charge in [-0.1, -0.05) is 19.3 Å². The topological polar surface area (TPSA) is 62.3 Å². The normalized spacial score (nSPS) is 22.6. The molecule has 1 saturated carbocycles. The van der Waals surface area contributed by atoms with Gasteiger partial charge in [0.2, 0.25) is 5.91 Å². The van der Waals surface area contributed by atoms with Gasteiger partial charge in [-0.15, -0.1) is 11.3 Å². The second-order valence-electron chi connectivity index (χ2n) is 6.82. The van der Waals surface area contributed by atoms with Crippen molar-refractivity contribution in [3.05, 3.63) is 15.6 Å². The Bertz CT molecular complexity index is 593. The van der Waals surface area contributed by atoms with Gasteiger partial charge in [0.15, 0.2) is 0 Å². The van der Waals surface area contributed by atoms with E-state index in [2.05, 4.69) is 10.3 Å². The summed E-state index contributed by atoms with van der Waals surface area (Å²) in [6, 6.07) is -0.0691. The first-order valence-electron chi connectivity index (χ1n) is 8.55. The van der Waals surface area contributed by atoms with Crippen LogP contribution in [0.15, 0.2) is 0 Å². The van der Waals surface area contributed by atoms with Crippen molar-refractivity contribution in [1.82, 2.24) is 15.2 Å². The predicted molar refractivity (Wildman–Crippen MR) is 90.6 cm³/mol. The van der Waals surface area contributed by atoms with E-state index in [9.17, 15) is 9.59 Å². The summed E-state index contributed by atoms with van der Waals surface area (Å²) in [5.41, 5.74) is 0.772. The van der Waals surface area contributed by atoms with Gasteiger partial charge in [-0.05, 0) is 32.6 Å². The zero-order valence-corrected chi connectivity index (χ0v) is 14.7. The van der Waals surface area contributed by atoms with Crippen LogP contribution in [0.25, 0.3) is 0 Å². The number of rotatable bonds is 4. The SMILES string of the molecule is Cc1nc(C)c(C(=O)N[C@H]2CC(=O)N(CC3CCCCC3)C2)s1. The van der Waals surface area contributed by atoms with E-state index < -0.39 is 0 Å². The fourth-order valence-electron chi connectivity index (χ4n) is 3.72. The van der Waals surface area contributed by atoms with E-state index in [-0.39, 0.29) is 17.9 Å². The zero-order chi connectivity index (χ0) is 16.4. The molecular formula is C17H25N3O2S. The average molecular weight is 335 g/mol. The molecule has 0 aromatic carbocycles. The van der Waals surface area contributed by atoms with Gasteiger partial charge in [-0.3, -0.25) is 9.59 Å². The van der Waals surface area contributed by atoms with Crippen LogP contribution < -0.4 is 5.32 Å². The van der Waals surface area contributed by atoms with Crippen molar-refractivity contribution >= 4 is 23.2 Å². The number of carbonyl (C=O) groups excluding carboxylic acids is 2. The van der Waals surface area contributed by atoms with Crippen LogP contribution in [-0.2, 0) is 4.79 Å². The Morgan fingerprint density at radius 3 is 2.70 bits per heavy atom. The minimum atomic E-state index is -0.0922. The van der Waals surface area contributed by atoms with Gasteiger partial charge in [0.05, 0.1) is 16.7 Å². The van der Waals surface area contributed by atoms with E-state index in [4.69, 9.17) is 0 Å². The number of nitrogens with one attached hydrogen (secondary N) is 1. The van der Waals surface area contributed by atoms with Gasteiger partial charge in [0.1, 0.15) is 4.88 Å². The summed E-state index contributed by atoms with van der Waals surface area (Å²) in [6.45, 7) is 5.27. The summed E-state index contributed by atoms with van der Waals surface area (Å²) >= 11 is 1.41. The van der Waals surface area contributed by atoms with E-state index in [1.807, 2.05) is 18.7 Å². The maximum absolute atomic E-state index is 12.4. The molecule has 0 bridgehead atoms. The fraction of sp³-hybridized carbons (Fsp3) is 0.706. The molecule has 1 atom stereocenters. The quantitative estimate of drug-likeness (QED) is 0.920. The van der Waals surface area contributed by atoms with Crippen LogP contribution >= 0.6 is 11.3 Å². The monoisotopic (exact) mass is 335 g/mol. The highest BCUT2D eigenvalue weighted by molar-refractivity contribution is 7.13. The van der Waals surface area contributed by atoms with Crippen LogP contribution in [0.1, 0.15) is 58.9 Å². The number of hydrogen-bond donors (Lipinski definition) is 1. The predicted octanol–water partition coefficient (Wildman–Crippen LogP) is 2.67. The molecule has 0 spiro atoms. The zero-order valence-electron chi connectivity index (χ0n) is 13.9. The van der Waals surface area contributed by atoms with Crippen molar-refractivity contribution in [3.63, 3.8) is 0 Å². The molecule has 1 aromatic rings. The average Bonchev–Trinajstić information content (AvgIpc) is 3.02. The first kappa shape index (κ1) is 16.4. The Morgan fingerprint density at radius 2 is 2.04 bits per heavy atom. The Hall–Kier alpha value is -1.43. The Kier molecular flexibility index (Phi) is 4.99. The van der Waals surface area contributed by atoms with Crippen molar-refractivity contribution in [3.8, 4) is 0 Å². The highest BCUT2D eigenvalue weighted by Crippen LogP contribution is 2.26. The fourth-order valence-corrected chi connectivity index (χ4v) is 4.54. The third kappa shape index (κ3) is 3.91. The highest BCUT2D eigenvalue weighted by atomic mass is 32.1. The lowest BCUT2D eigenvalue weighted by Gasteiger charge is -2.27. The molecule has 1 aliphatic heterocycles. The maximum Gasteiger partial charge on any atom is 0.263 e. The molecular weight excluding hydrogens is 310 g/mol. The summed E-state index contributed by atoms with van der Waals surface area (Å²) < 4.78 is 0. The number of amides is 2. The molecule has 1 saturated heterocycles. The van der Waals surface area contributed by atoms with Gasteiger partial charge in [-0.2, -0.15) is 0 Å². The maximum atomic E-state index is 12.4. The first-order chi connectivity index (χ1) is 11.0. The third-order valence-corrected chi connectivity index (χ3v) is 5.93. The molecule has 1 aliphatic carbocycles. The number of aromatic nitrogens is 1. The molecule has 126 valence electrons. The van der Waals surface area contributed by atoms with Crippen LogP contribution in [-0.4, -0.2) is 40.8 Å². The molecule has 0 unspecified atom stereocenters. The molecule has 23 heavy (non-hydrogen) atoms. The lowest BCUT2D eigenvalue weighted by atomic mass is 9.89. The summed E-state index contributed by atoms with van der Waals surface area (Å²) in [4.78, 5) is 31.5. The minimum Gasteiger partial charge on any atom is -0.346 e. The summed E-state index contributed by atoms with van der Waals surface area (Å²) in [5, 5.41) is 3.91. The molecule has 2 aliphatic rings. The third-order valence-electron chi connectivity index (χ3n) is 4.86. The number of hydrogen-bond acceptors (Lipinski definition) is 4. The van der Waals surface area contributed by atoms with Crippen LogP contribution in [0, 0.1) is 19.8 Å². The summed E-state index contributed by atoms with van der Waals surface area (Å²) in [6.07, 6.45) is 6.81. The van der Waals surface area contributed by atoms with Crippen LogP contribution in [0.3, 0.4) is 0 Å². The molecule has 1 N–H and O–H groups in total. The molecule has 0 radical (unpaired) electrons. The lowest BCUT2D eigenvalue weighted by molar-refractivity contribution is -0.128. The smallest absolute Gasteiger partial charge is 0.263 e. The largest absolute Gasteiger partial charge is 0.346 e. The molecule has 2 heterocycles. The molecule has 2 fully saturated rings. The van der Waals surface area contributed by atoms with Crippen molar-refractivity contribution in [1.29, 1.82) is 0 Å². The Balaban J connectivity index is 1.54. The standard InChI is InChI=1S/C17H25N3O2S/c1-11-16(23-12(2)18-11)17(22)19-14-8-15(21)20(10-14)9-13-6-4-3-5-7-13/h13-14H,3-10H2,1-2H3,(H,19,22)/t14-/m0/s1. The highest BCUT2D eigenvalue weighted by Gasteiger charge is 2.32. The van der Waals surface area contributed by atoms with Crippen LogP contribution in [0.4, 0.5) is 0 Å². The summed E-state index contributed by atoms with van der Waals surface area (Å²) in [7, 11) is 0. The van der Waals surface area contributed by atoms with E-state index in [1.165, 1.54) is 43.4 Å². The Morgan fingerprint density at radius 1 is 1.30 bits per heavy atom. The van der Waals surface area contributed by atoms with Crippen molar-refractivity contribution in [2.75, 3.05) is 13.1 Å². The molecule has 1 aromatic heterocycles. The van der Waals surface area contributed by atoms with Crippen LogP contribution in [0.2, 0.25) is 0 Å². The number of likely N-dealkylation sites (tertiary alicyclic amines) is 1. The van der Waals surface area contributed by atoms with Gasteiger partial charge >= 0.3 is 0 Å². The van der Waals surface area contributed by atoms with Gasteiger partial charge in [-0.25, -0.2) is 4.98 Å². The van der Waals surface area contributed by atoms with Crippen LogP contribution in [0.5, 0.6) is 0 Å². The lowest BCUT2D eigenvalue weighted by Crippen LogP contribution is -2.38.